The molecular weight excluding hydrogens is 158 g/mol. The topological polar surface area (TPSA) is 58.6 Å². The van der Waals surface area contributed by atoms with E-state index in [2.05, 4.69) is 10.1 Å². The van der Waals surface area contributed by atoms with Gasteiger partial charge in [-0.3, -0.25) is 10.1 Å². The largest absolute Gasteiger partial charge is 0.468 e. The first kappa shape index (κ1) is 8.01. The van der Waals surface area contributed by atoms with Crippen molar-refractivity contribution in [3.05, 3.63) is 0 Å². The van der Waals surface area contributed by atoms with Crippen LogP contribution in [0.1, 0.15) is 12.8 Å². The number of ether oxygens (including phenoxy) is 1. The fourth-order valence-corrected chi connectivity index (χ4v) is 2.26. The number of esters is 1. The maximum atomic E-state index is 11.1. The molecule has 0 spiro atoms. The summed E-state index contributed by atoms with van der Waals surface area (Å²) in [6.45, 7) is 0. The van der Waals surface area contributed by atoms with Gasteiger partial charge in [-0.05, 0) is 18.8 Å². The molecule has 12 heavy (non-hydrogen) atoms. The first-order valence-corrected chi connectivity index (χ1v) is 4.24. The van der Waals surface area contributed by atoms with Gasteiger partial charge in [0.05, 0.1) is 13.2 Å². The van der Waals surface area contributed by atoms with Crippen LogP contribution in [0.5, 0.6) is 0 Å². The molecule has 0 aromatic rings. The van der Waals surface area contributed by atoms with Crippen LogP contribution in [0.15, 0.2) is 0 Å². The second kappa shape index (κ2) is 2.71. The lowest BCUT2D eigenvalue weighted by Crippen LogP contribution is -2.47. The Morgan fingerprint density at radius 3 is 2.75 bits per heavy atom. The van der Waals surface area contributed by atoms with Crippen molar-refractivity contribution in [1.29, 1.82) is 0 Å². The minimum Gasteiger partial charge on any atom is -0.468 e. The summed E-state index contributed by atoms with van der Waals surface area (Å²) >= 11 is 0. The maximum absolute atomic E-state index is 11.1. The molecular formula is C8H13NO3. The highest BCUT2D eigenvalue weighted by Crippen LogP contribution is 2.35. The lowest BCUT2D eigenvalue weighted by Gasteiger charge is -2.24. The normalized spacial score (nSPS) is 44.8. The summed E-state index contributed by atoms with van der Waals surface area (Å²) in [5, 5.41) is 12.4. The highest BCUT2D eigenvalue weighted by Gasteiger charge is 2.48. The molecule has 4 heteroatoms. The van der Waals surface area contributed by atoms with E-state index in [1.165, 1.54) is 7.11 Å². The van der Waals surface area contributed by atoms with Gasteiger partial charge in [-0.25, -0.2) is 0 Å². The quantitative estimate of drug-likeness (QED) is 0.511. The first-order chi connectivity index (χ1) is 5.72. The van der Waals surface area contributed by atoms with Crippen LogP contribution >= 0.6 is 0 Å². The second-order valence-electron chi connectivity index (χ2n) is 3.57. The Hall–Kier alpha value is -0.610. The highest BCUT2D eigenvalue weighted by molar-refractivity contribution is 5.76. The van der Waals surface area contributed by atoms with E-state index in [0.29, 0.717) is 0 Å². The fourth-order valence-electron chi connectivity index (χ4n) is 2.26. The molecule has 0 aromatic heterocycles. The summed E-state index contributed by atoms with van der Waals surface area (Å²) < 4.78 is 4.64. The molecule has 0 unspecified atom stereocenters. The Balaban J connectivity index is 2.02. The van der Waals surface area contributed by atoms with Gasteiger partial charge < -0.3 is 9.84 Å². The van der Waals surface area contributed by atoms with Crippen LogP contribution in [0.2, 0.25) is 0 Å². The number of aliphatic hydroxyl groups excluding tert-OH is 1. The van der Waals surface area contributed by atoms with Crippen LogP contribution in [0.3, 0.4) is 0 Å². The van der Waals surface area contributed by atoms with Crippen molar-refractivity contribution in [3.63, 3.8) is 0 Å². The minimum absolute atomic E-state index is 0.110. The average molecular weight is 171 g/mol. The number of piperidine rings is 1. The molecule has 2 fully saturated rings. The Bertz CT molecular complexity index is 204. The number of aliphatic hydroxyl groups is 1. The smallest absolute Gasteiger partial charge is 0.323 e. The molecule has 1 aliphatic heterocycles. The standard InChI is InChI=1S/C8H13NO3/c1-12-8(11)7-4-2-5(9-7)6(10)3-4/h4-7,9-10H,2-3H2,1H3/t4-,5+,6+,7+/m0/s1. The summed E-state index contributed by atoms with van der Waals surface area (Å²) in [4.78, 5) is 11.1. The van der Waals surface area contributed by atoms with Crippen LogP contribution in [-0.4, -0.2) is 36.4 Å². The van der Waals surface area contributed by atoms with E-state index in [9.17, 15) is 9.90 Å². The molecule has 0 aromatic carbocycles. The van der Waals surface area contributed by atoms with Crippen molar-refractivity contribution >= 4 is 5.97 Å². The first-order valence-electron chi connectivity index (χ1n) is 4.24. The van der Waals surface area contributed by atoms with E-state index in [-0.39, 0.29) is 30.1 Å². The van der Waals surface area contributed by atoms with Crippen LogP contribution in [0.25, 0.3) is 0 Å². The van der Waals surface area contributed by atoms with Crippen molar-refractivity contribution in [1.82, 2.24) is 5.32 Å². The molecule has 68 valence electrons. The number of fused-ring (bicyclic) bond motifs is 2. The maximum Gasteiger partial charge on any atom is 0.323 e. The monoisotopic (exact) mass is 171 g/mol. The molecule has 0 amide bonds. The van der Waals surface area contributed by atoms with Crippen molar-refractivity contribution in [2.24, 2.45) is 5.92 Å². The molecule has 1 aliphatic carbocycles. The molecule has 2 bridgehead atoms. The zero-order chi connectivity index (χ0) is 8.72. The van der Waals surface area contributed by atoms with Crippen molar-refractivity contribution in [3.8, 4) is 0 Å². The average Bonchev–Trinajstić information content (AvgIpc) is 2.60. The zero-order valence-corrected chi connectivity index (χ0v) is 6.99. The number of methoxy groups -OCH3 is 1. The van der Waals surface area contributed by atoms with Gasteiger partial charge in [0.25, 0.3) is 0 Å². The molecule has 2 rings (SSSR count). The molecule has 4 atom stereocenters. The summed E-state index contributed by atoms with van der Waals surface area (Å²) in [5.74, 6) is 0.0758. The molecule has 4 nitrogen and oxygen atoms in total. The van der Waals surface area contributed by atoms with Crippen LogP contribution < -0.4 is 5.32 Å². The zero-order valence-electron chi connectivity index (χ0n) is 6.99. The van der Waals surface area contributed by atoms with Crippen molar-refractivity contribution < 1.29 is 14.6 Å². The Labute approximate surface area is 70.9 Å². The summed E-state index contributed by atoms with van der Waals surface area (Å²) in [6, 6.07) is -0.0671. The van der Waals surface area contributed by atoms with Gasteiger partial charge in [-0.2, -0.15) is 0 Å². The number of carbonyl (C=O) groups is 1. The summed E-state index contributed by atoms with van der Waals surface area (Å²) in [7, 11) is 1.40. The van der Waals surface area contributed by atoms with E-state index < -0.39 is 0 Å². The Morgan fingerprint density at radius 1 is 1.58 bits per heavy atom. The van der Waals surface area contributed by atoms with Crippen molar-refractivity contribution in [2.45, 2.75) is 31.0 Å². The van der Waals surface area contributed by atoms with Gasteiger partial charge in [-0.1, -0.05) is 0 Å². The third kappa shape index (κ3) is 1.03. The van der Waals surface area contributed by atoms with Gasteiger partial charge >= 0.3 is 5.97 Å². The minimum atomic E-state index is -0.268. The number of carbonyl (C=O) groups excluding carboxylic acids is 1. The lowest BCUT2D eigenvalue weighted by atomic mass is 9.99. The van der Waals surface area contributed by atoms with Gasteiger partial charge in [0, 0.05) is 6.04 Å². The fraction of sp³-hybridized carbons (Fsp3) is 0.875. The third-order valence-corrected chi connectivity index (χ3v) is 2.89. The SMILES string of the molecule is COC(=O)[C@@H]1N[C@@H]2C[C@H]1C[C@H]2O. The Kier molecular flexibility index (Phi) is 1.81. The number of hydrogen-bond donors (Lipinski definition) is 2. The van der Waals surface area contributed by atoms with Gasteiger partial charge in [0.15, 0.2) is 0 Å². The molecule has 1 heterocycles. The predicted octanol–water partition coefficient (Wildman–Crippen LogP) is -0.729. The predicted molar refractivity (Wildman–Crippen MR) is 41.5 cm³/mol. The Morgan fingerprint density at radius 2 is 2.33 bits per heavy atom. The molecule has 1 saturated carbocycles. The molecule has 0 radical (unpaired) electrons. The van der Waals surface area contributed by atoms with E-state index >= 15 is 0 Å². The summed E-state index contributed by atoms with van der Waals surface area (Å²) in [5.41, 5.74) is 0. The van der Waals surface area contributed by atoms with E-state index in [4.69, 9.17) is 0 Å². The highest BCUT2D eigenvalue weighted by atomic mass is 16.5. The van der Waals surface area contributed by atoms with E-state index in [1.54, 1.807) is 0 Å². The van der Waals surface area contributed by atoms with Crippen molar-refractivity contribution in [2.75, 3.05) is 7.11 Å². The number of hydrogen-bond acceptors (Lipinski definition) is 4. The van der Waals surface area contributed by atoms with E-state index in [1.807, 2.05) is 0 Å². The number of nitrogens with one attached hydrogen (secondary N) is 1. The molecule has 2 N–H and O–H groups in total. The summed E-state index contributed by atoms with van der Waals surface area (Å²) in [6.07, 6.45) is 1.37. The lowest BCUT2D eigenvalue weighted by molar-refractivity contribution is -0.144. The molecule has 1 saturated heterocycles. The van der Waals surface area contributed by atoms with Gasteiger partial charge in [-0.15, -0.1) is 0 Å². The van der Waals surface area contributed by atoms with E-state index in [0.717, 1.165) is 12.8 Å². The third-order valence-electron chi connectivity index (χ3n) is 2.89. The van der Waals surface area contributed by atoms with Crippen LogP contribution in [-0.2, 0) is 9.53 Å². The van der Waals surface area contributed by atoms with Gasteiger partial charge in [0.1, 0.15) is 6.04 Å². The van der Waals surface area contributed by atoms with Crippen LogP contribution in [0, 0.1) is 5.92 Å². The van der Waals surface area contributed by atoms with Crippen LogP contribution in [0.4, 0.5) is 0 Å². The second-order valence-corrected chi connectivity index (χ2v) is 3.57. The molecule has 2 aliphatic rings. The number of rotatable bonds is 1. The van der Waals surface area contributed by atoms with Gasteiger partial charge in [0.2, 0.25) is 0 Å².